The van der Waals surface area contributed by atoms with Gasteiger partial charge in [-0.05, 0) is 133 Å². The Bertz CT molecular complexity index is 2660. The molecule has 0 saturated carbocycles. The third kappa shape index (κ3) is 26.8. The minimum atomic E-state index is -0.345. The Kier molecular flexibility index (Phi) is 28.0. The smallest absolute Gasteiger partial charge is 0.216 e. The van der Waals surface area contributed by atoms with E-state index in [1.807, 2.05) is 19.1 Å². The molecule has 3 nitrogen and oxygen atoms in total. The molecule has 1 unspecified atom stereocenters. The van der Waals surface area contributed by atoms with Crippen molar-refractivity contribution in [2.75, 3.05) is 6.61 Å². The number of carbonyl (C=O) groups is 2. The van der Waals surface area contributed by atoms with Crippen LogP contribution in [0.3, 0.4) is 0 Å². The lowest BCUT2D eigenvalue weighted by molar-refractivity contribution is -0.122. The largest absolute Gasteiger partial charge is 0.489 e. The number of hydrogen-bond donors (Lipinski definition) is 0. The summed E-state index contributed by atoms with van der Waals surface area (Å²) in [5.41, 5.74) is 0.911. The van der Waals surface area contributed by atoms with E-state index in [9.17, 15) is 9.59 Å². The molecule has 0 amide bonds. The molecule has 0 N–H and O–H groups in total. The first-order valence-corrected chi connectivity index (χ1v) is 18.8. The summed E-state index contributed by atoms with van der Waals surface area (Å²) in [7, 11) is 0. The number of unbranched alkanes of at least 4 members (excludes halogenated alkanes) is 5. The quantitative estimate of drug-likeness (QED) is 0.173. The van der Waals surface area contributed by atoms with Crippen molar-refractivity contribution >= 4 is 34.3 Å². The average Bonchev–Trinajstić information content (AvgIpc) is 3.51. The molecule has 0 aliphatic carbocycles. The number of thioether (sulfide) groups is 1. The summed E-state index contributed by atoms with van der Waals surface area (Å²) in [4.78, 5) is 24.2. The number of terminal acetylenes is 1. The van der Waals surface area contributed by atoms with Crippen LogP contribution in [0.15, 0.2) is 36.1 Å². The summed E-state index contributed by atoms with van der Waals surface area (Å²) >= 11 is 7.19. The van der Waals surface area contributed by atoms with Gasteiger partial charge in [0.15, 0.2) is 5.78 Å². The number of carbonyl (C=O) groups excluding carboxylic acids is 2. The maximum atomic E-state index is 12.2. The van der Waals surface area contributed by atoms with Crippen molar-refractivity contribution in [1.29, 1.82) is 0 Å². The van der Waals surface area contributed by atoms with Gasteiger partial charge in [-0.1, -0.05) is 86.9 Å². The van der Waals surface area contributed by atoms with Crippen molar-refractivity contribution in [3.8, 4) is 178 Å². The average molecular weight is 785 g/mol. The van der Waals surface area contributed by atoms with Crippen LogP contribution in [0, 0.1) is 178 Å². The van der Waals surface area contributed by atoms with Gasteiger partial charge in [-0.15, -0.1) is 6.42 Å². The zero-order valence-electron chi connectivity index (χ0n) is 32.3. The molecule has 58 heavy (non-hydrogen) atoms. The van der Waals surface area contributed by atoms with Crippen LogP contribution >= 0.6 is 23.4 Å². The maximum Gasteiger partial charge on any atom is 0.216 e. The first-order chi connectivity index (χ1) is 28.3. The standard InChI is InChI=1S/C31H4.C22H29ClO3S/c1-3-5-7-9-11-13-15-17-19-21-23-25-27-29-31-30-28-26-24-22-20-18-16-14-12-10-8-6-4-2;1-3-4-5-6-7-8-13-22(2)20(15-21(25)27-22)26-16-19(24)14-17-9-11-18(23)12-10-17/h1H,2H3;9-12,15H,3-8,13-14,16H2,1-2H3. The van der Waals surface area contributed by atoms with Gasteiger partial charge in [-0.3, -0.25) is 9.59 Å². The predicted molar refractivity (Wildman–Crippen MR) is 237 cm³/mol. The molecule has 0 radical (unpaired) electrons. The highest BCUT2D eigenvalue weighted by molar-refractivity contribution is 8.15. The van der Waals surface area contributed by atoms with E-state index in [4.69, 9.17) is 22.8 Å². The third-order valence-corrected chi connectivity index (χ3v) is 8.06. The highest BCUT2D eigenvalue weighted by Gasteiger charge is 2.39. The van der Waals surface area contributed by atoms with Crippen molar-refractivity contribution in [2.45, 2.75) is 76.9 Å². The minimum absolute atomic E-state index is 0.00557. The summed E-state index contributed by atoms with van der Waals surface area (Å²) in [6, 6.07) is 7.24. The van der Waals surface area contributed by atoms with E-state index in [2.05, 4.69) is 179 Å². The van der Waals surface area contributed by atoms with Crippen molar-refractivity contribution in [1.82, 2.24) is 0 Å². The Labute approximate surface area is 355 Å². The molecule has 1 aromatic carbocycles. The van der Waals surface area contributed by atoms with Crippen LogP contribution in [0.1, 0.15) is 71.3 Å². The molecule has 1 aromatic rings. The maximum absolute atomic E-state index is 12.2. The molecule has 1 heterocycles. The van der Waals surface area contributed by atoms with Crippen LogP contribution in [-0.2, 0) is 20.7 Å². The van der Waals surface area contributed by atoms with Crippen molar-refractivity contribution in [3.63, 3.8) is 0 Å². The lowest BCUT2D eigenvalue weighted by Gasteiger charge is -2.26. The Balaban J connectivity index is 0.000000584. The highest BCUT2D eigenvalue weighted by atomic mass is 35.5. The molecule has 0 fully saturated rings. The number of Topliss-reactive ketones (excluding diaryl/α,β-unsaturated/α-hetero) is 1. The summed E-state index contributed by atoms with van der Waals surface area (Å²) in [6.45, 7) is 5.94. The minimum Gasteiger partial charge on any atom is -0.489 e. The van der Waals surface area contributed by atoms with E-state index >= 15 is 0 Å². The Hall–Kier alpha value is -7.86. The molecule has 2 rings (SSSR count). The fraction of sp³-hybridized carbons (Fsp3) is 0.245. The lowest BCUT2D eigenvalue weighted by Crippen LogP contribution is -2.24. The summed E-state index contributed by atoms with van der Waals surface area (Å²) in [6.07, 6.45) is 15.0. The molecule has 1 aliphatic heterocycles. The van der Waals surface area contributed by atoms with Crippen molar-refractivity contribution < 1.29 is 14.3 Å². The van der Waals surface area contributed by atoms with Gasteiger partial charge < -0.3 is 4.74 Å². The highest BCUT2D eigenvalue weighted by Crippen LogP contribution is 2.44. The normalized spacial score (nSPS) is 11.0. The summed E-state index contributed by atoms with van der Waals surface area (Å²) in [5.74, 6) is 72.5. The predicted octanol–water partition coefficient (Wildman–Crippen LogP) is 6.82. The SMILES string of the molecule is C#CC#CC#CC#CC#CC#CC#CC#CC#CC#CC#CC#CC#CC#CC#CC.CCCCCCCCC1(C)SC(=O)C=C1OCC(=O)Cc1ccc(Cl)cc1. The van der Waals surface area contributed by atoms with Gasteiger partial charge in [0, 0.05) is 88.6 Å². The van der Waals surface area contributed by atoms with E-state index in [1.165, 1.54) is 43.9 Å². The Morgan fingerprint density at radius 1 is 0.638 bits per heavy atom. The molecule has 0 aromatic heterocycles. The summed E-state index contributed by atoms with van der Waals surface area (Å²) < 4.78 is 5.44. The van der Waals surface area contributed by atoms with Crippen LogP contribution in [-0.4, -0.2) is 22.3 Å². The second-order valence-electron chi connectivity index (χ2n) is 11.1. The van der Waals surface area contributed by atoms with Crippen LogP contribution in [0.25, 0.3) is 0 Å². The van der Waals surface area contributed by atoms with Crippen LogP contribution in [0.2, 0.25) is 5.02 Å². The first kappa shape index (κ1) is 48.2. The number of halogens is 1. The Morgan fingerprint density at radius 3 is 1.45 bits per heavy atom. The number of ether oxygens (including phenoxy) is 1. The molecular weight excluding hydrogens is 752 g/mol. The zero-order chi connectivity index (χ0) is 42.2. The third-order valence-electron chi connectivity index (χ3n) is 6.63. The van der Waals surface area contributed by atoms with E-state index in [-0.39, 0.29) is 22.3 Å². The van der Waals surface area contributed by atoms with Crippen LogP contribution in [0.5, 0.6) is 0 Å². The molecule has 0 bridgehead atoms. The number of hydrogen-bond acceptors (Lipinski definition) is 4. The first-order valence-electron chi connectivity index (χ1n) is 17.6. The molecule has 0 saturated heterocycles. The summed E-state index contributed by atoms with van der Waals surface area (Å²) in [5, 5.41) is 0.670. The van der Waals surface area contributed by atoms with Gasteiger partial charge in [0.05, 0.1) is 4.75 Å². The van der Waals surface area contributed by atoms with E-state index in [0.717, 1.165) is 18.4 Å². The molecule has 276 valence electrons. The van der Waals surface area contributed by atoms with Gasteiger partial charge in [0.25, 0.3) is 0 Å². The fourth-order valence-electron chi connectivity index (χ4n) is 4.09. The van der Waals surface area contributed by atoms with Gasteiger partial charge in [-0.2, -0.15) is 0 Å². The molecule has 0 spiro atoms. The van der Waals surface area contributed by atoms with E-state index < -0.39 is 0 Å². The van der Waals surface area contributed by atoms with Crippen LogP contribution in [0.4, 0.5) is 0 Å². The van der Waals surface area contributed by atoms with Crippen molar-refractivity contribution in [3.05, 3.63) is 46.7 Å². The van der Waals surface area contributed by atoms with E-state index in [1.54, 1.807) is 25.1 Å². The van der Waals surface area contributed by atoms with Gasteiger partial charge in [0.1, 0.15) is 12.4 Å². The van der Waals surface area contributed by atoms with Crippen LogP contribution < -0.4 is 0 Å². The number of benzene rings is 1. The van der Waals surface area contributed by atoms with E-state index in [0.29, 0.717) is 17.2 Å². The molecule has 1 aliphatic rings. The topological polar surface area (TPSA) is 43.4 Å². The van der Waals surface area contributed by atoms with Crippen molar-refractivity contribution in [2.24, 2.45) is 0 Å². The number of ketones is 1. The lowest BCUT2D eigenvalue weighted by atomic mass is 9.99. The molecule has 5 heteroatoms. The van der Waals surface area contributed by atoms with Gasteiger partial charge >= 0.3 is 0 Å². The van der Waals surface area contributed by atoms with Gasteiger partial charge in [0.2, 0.25) is 5.12 Å². The molecule has 1 atom stereocenters. The monoisotopic (exact) mass is 784 g/mol. The zero-order valence-corrected chi connectivity index (χ0v) is 33.9. The second kappa shape index (κ2) is 33.7. The Morgan fingerprint density at radius 2 is 1.03 bits per heavy atom. The fourth-order valence-corrected chi connectivity index (χ4v) is 5.29. The molecular formula is C53H33ClO3S. The van der Waals surface area contributed by atoms with Gasteiger partial charge in [-0.25, -0.2) is 0 Å². The number of rotatable bonds is 12. The second-order valence-corrected chi connectivity index (χ2v) is 13.0.